The minimum Gasteiger partial charge on any atom is -0.377 e. The van der Waals surface area contributed by atoms with Crippen LogP contribution < -0.4 is 5.32 Å². The third kappa shape index (κ3) is 3.41. The van der Waals surface area contributed by atoms with Crippen LogP contribution in [0.2, 0.25) is 0 Å². The lowest BCUT2D eigenvalue weighted by Gasteiger charge is -2.34. The first-order chi connectivity index (χ1) is 12.4. The summed E-state index contributed by atoms with van der Waals surface area (Å²) in [7, 11) is 1.81. The van der Waals surface area contributed by atoms with Crippen molar-refractivity contribution in [1.82, 2.24) is 20.0 Å². The van der Waals surface area contributed by atoms with Gasteiger partial charge in [0.15, 0.2) is 5.82 Å². The van der Waals surface area contributed by atoms with E-state index in [0.717, 1.165) is 11.5 Å². The summed E-state index contributed by atoms with van der Waals surface area (Å²) in [6.07, 6.45) is 0. The van der Waals surface area contributed by atoms with E-state index >= 15 is 0 Å². The average Bonchev–Trinajstić information content (AvgIpc) is 3.02. The Morgan fingerprint density at radius 1 is 1.35 bits per heavy atom. The molecule has 0 aliphatic carbocycles. The molecule has 0 aromatic carbocycles. The molecule has 140 valence electrons. The van der Waals surface area contributed by atoms with Crippen LogP contribution in [0.3, 0.4) is 0 Å². The summed E-state index contributed by atoms with van der Waals surface area (Å²) in [6, 6.07) is 1.51. The molecule has 1 fully saturated rings. The summed E-state index contributed by atoms with van der Waals surface area (Å²) in [5.41, 5.74) is 2.05. The van der Waals surface area contributed by atoms with Gasteiger partial charge < -0.3 is 19.5 Å². The molecule has 1 saturated heterocycles. The number of ether oxygens (including phenoxy) is 1. The molecular weight excluding hydrogens is 334 g/mol. The fourth-order valence-electron chi connectivity index (χ4n) is 3.12. The number of morpholine rings is 1. The van der Waals surface area contributed by atoms with Crippen LogP contribution in [0.1, 0.15) is 59.1 Å². The van der Waals surface area contributed by atoms with Crippen LogP contribution in [0.4, 0.5) is 5.82 Å². The van der Waals surface area contributed by atoms with Crippen molar-refractivity contribution >= 4 is 11.7 Å². The Morgan fingerprint density at radius 2 is 2.12 bits per heavy atom. The highest BCUT2D eigenvalue weighted by atomic mass is 16.5. The quantitative estimate of drug-likeness (QED) is 0.896. The van der Waals surface area contributed by atoms with Crippen molar-refractivity contribution in [3.8, 4) is 0 Å². The van der Waals surface area contributed by atoms with E-state index in [1.807, 2.05) is 26.8 Å². The monoisotopic (exact) mass is 359 g/mol. The number of hydrogen-bond donors (Lipinski definition) is 1. The van der Waals surface area contributed by atoms with Gasteiger partial charge in [-0.1, -0.05) is 19.0 Å². The molecule has 8 nitrogen and oxygen atoms in total. The molecule has 2 aromatic rings. The lowest BCUT2D eigenvalue weighted by atomic mass is 10.0. The van der Waals surface area contributed by atoms with Gasteiger partial charge in [-0.25, -0.2) is 9.97 Å². The Labute approximate surface area is 152 Å². The van der Waals surface area contributed by atoms with Crippen molar-refractivity contribution in [2.75, 3.05) is 32.1 Å². The molecule has 0 bridgehead atoms. The predicted octanol–water partition coefficient (Wildman–Crippen LogP) is 2.46. The van der Waals surface area contributed by atoms with E-state index in [0.29, 0.717) is 42.6 Å². The van der Waals surface area contributed by atoms with E-state index in [-0.39, 0.29) is 17.9 Å². The third-order valence-electron chi connectivity index (χ3n) is 4.46. The van der Waals surface area contributed by atoms with Crippen LogP contribution in [0.25, 0.3) is 0 Å². The van der Waals surface area contributed by atoms with E-state index in [4.69, 9.17) is 9.26 Å². The van der Waals surface area contributed by atoms with Crippen LogP contribution >= 0.6 is 0 Å². The molecule has 0 unspecified atom stereocenters. The Kier molecular flexibility index (Phi) is 5.22. The molecular formula is C18H25N5O3. The van der Waals surface area contributed by atoms with Crippen LogP contribution in [0.5, 0.6) is 0 Å². The molecule has 1 aliphatic heterocycles. The summed E-state index contributed by atoms with van der Waals surface area (Å²) in [5, 5.41) is 7.11. The molecule has 8 heteroatoms. The molecule has 1 amide bonds. The minimum atomic E-state index is -0.349. The Morgan fingerprint density at radius 3 is 2.81 bits per heavy atom. The summed E-state index contributed by atoms with van der Waals surface area (Å²) in [5.74, 6) is 1.80. The van der Waals surface area contributed by atoms with Crippen LogP contribution in [-0.4, -0.2) is 52.7 Å². The van der Waals surface area contributed by atoms with Gasteiger partial charge in [0.2, 0.25) is 0 Å². The van der Waals surface area contributed by atoms with Gasteiger partial charge in [0, 0.05) is 25.4 Å². The highest BCUT2D eigenvalue weighted by molar-refractivity contribution is 5.96. The number of rotatable bonds is 4. The zero-order valence-corrected chi connectivity index (χ0v) is 15.9. The molecule has 1 atom stereocenters. The summed E-state index contributed by atoms with van der Waals surface area (Å²) in [4.78, 5) is 24.2. The van der Waals surface area contributed by atoms with Crippen molar-refractivity contribution in [3.63, 3.8) is 0 Å². The molecule has 0 spiro atoms. The molecule has 0 saturated carbocycles. The SMILES string of the molecule is CNc1cc(C)nc([C@H]2COCCN2C(=O)c2c(C(C)C)noc2C)n1. The second-order valence-corrected chi connectivity index (χ2v) is 6.75. The predicted molar refractivity (Wildman–Crippen MR) is 96.2 cm³/mol. The van der Waals surface area contributed by atoms with Gasteiger partial charge in [-0.3, -0.25) is 4.79 Å². The topological polar surface area (TPSA) is 93.4 Å². The largest absolute Gasteiger partial charge is 0.377 e. The first-order valence-corrected chi connectivity index (χ1v) is 8.80. The summed E-state index contributed by atoms with van der Waals surface area (Å²) >= 11 is 0. The number of carbonyl (C=O) groups excluding carboxylic acids is 1. The molecule has 2 aromatic heterocycles. The number of anilines is 1. The van der Waals surface area contributed by atoms with Crippen molar-refractivity contribution in [3.05, 3.63) is 34.6 Å². The number of amides is 1. The zero-order chi connectivity index (χ0) is 18.8. The maximum absolute atomic E-state index is 13.3. The number of aryl methyl sites for hydroxylation is 2. The Balaban J connectivity index is 1.99. The Bertz CT molecular complexity index is 802. The van der Waals surface area contributed by atoms with Gasteiger partial charge in [-0.05, 0) is 19.8 Å². The average molecular weight is 359 g/mol. The standard InChI is InChI=1S/C18H25N5O3/c1-10(2)16-15(12(4)26-22-16)18(24)23-6-7-25-9-13(23)17-20-11(3)8-14(19-5)21-17/h8,10,13H,6-7,9H2,1-5H3,(H,19,20,21)/t13-/m1/s1. The molecule has 3 heterocycles. The van der Waals surface area contributed by atoms with Crippen LogP contribution in [0.15, 0.2) is 10.6 Å². The normalized spacial score (nSPS) is 17.6. The van der Waals surface area contributed by atoms with E-state index in [2.05, 4.69) is 20.4 Å². The van der Waals surface area contributed by atoms with Crippen molar-refractivity contribution in [2.24, 2.45) is 0 Å². The molecule has 1 aliphatic rings. The maximum Gasteiger partial charge on any atom is 0.260 e. The molecule has 26 heavy (non-hydrogen) atoms. The van der Waals surface area contributed by atoms with Gasteiger partial charge in [0.25, 0.3) is 5.91 Å². The second-order valence-electron chi connectivity index (χ2n) is 6.75. The highest BCUT2D eigenvalue weighted by Crippen LogP contribution is 2.29. The van der Waals surface area contributed by atoms with Crippen LogP contribution in [0, 0.1) is 13.8 Å². The number of nitrogens with zero attached hydrogens (tertiary/aromatic N) is 4. The number of aromatic nitrogens is 3. The maximum atomic E-state index is 13.3. The van der Waals surface area contributed by atoms with Gasteiger partial charge in [0.1, 0.15) is 23.2 Å². The zero-order valence-electron chi connectivity index (χ0n) is 15.9. The van der Waals surface area contributed by atoms with Crippen LogP contribution in [-0.2, 0) is 4.74 Å². The number of hydrogen-bond acceptors (Lipinski definition) is 7. The fourth-order valence-corrected chi connectivity index (χ4v) is 3.12. The van der Waals surface area contributed by atoms with Gasteiger partial charge in [-0.2, -0.15) is 0 Å². The van der Waals surface area contributed by atoms with E-state index < -0.39 is 0 Å². The van der Waals surface area contributed by atoms with Crippen molar-refractivity contribution < 1.29 is 14.1 Å². The summed E-state index contributed by atoms with van der Waals surface area (Å²) < 4.78 is 10.9. The molecule has 0 radical (unpaired) electrons. The summed E-state index contributed by atoms with van der Waals surface area (Å²) in [6.45, 7) is 8.97. The molecule has 3 rings (SSSR count). The van der Waals surface area contributed by atoms with Gasteiger partial charge >= 0.3 is 0 Å². The smallest absolute Gasteiger partial charge is 0.260 e. The van der Waals surface area contributed by atoms with E-state index in [9.17, 15) is 4.79 Å². The first-order valence-electron chi connectivity index (χ1n) is 8.80. The van der Waals surface area contributed by atoms with Gasteiger partial charge in [0.05, 0.1) is 18.9 Å². The Hall–Kier alpha value is -2.48. The van der Waals surface area contributed by atoms with Crippen molar-refractivity contribution in [1.29, 1.82) is 0 Å². The highest BCUT2D eigenvalue weighted by Gasteiger charge is 2.35. The molecule has 1 N–H and O–H groups in total. The lowest BCUT2D eigenvalue weighted by molar-refractivity contribution is -0.00538. The second kappa shape index (κ2) is 7.41. The first kappa shape index (κ1) is 18.3. The van der Waals surface area contributed by atoms with Gasteiger partial charge in [-0.15, -0.1) is 0 Å². The van der Waals surface area contributed by atoms with E-state index in [1.165, 1.54) is 0 Å². The lowest BCUT2D eigenvalue weighted by Crippen LogP contribution is -2.44. The van der Waals surface area contributed by atoms with Crippen molar-refractivity contribution in [2.45, 2.75) is 39.7 Å². The van der Waals surface area contributed by atoms with E-state index in [1.54, 1.807) is 18.9 Å². The third-order valence-corrected chi connectivity index (χ3v) is 4.46. The fraction of sp³-hybridized carbons (Fsp3) is 0.556. The number of carbonyl (C=O) groups is 1. The number of nitrogens with one attached hydrogen (secondary N) is 1. The minimum absolute atomic E-state index is 0.0944.